The highest BCUT2D eigenvalue weighted by Gasteiger charge is 2.11. The molecule has 0 radical (unpaired) electrons. The molecule has 2 aromatic heterocycles. The smallest absolute Gasteiger partial charge is 0.337 e. The van der Waals surface area contributed by atoms with E-state index in [-0.39, 0.29) is 5.56 Å². The highest BCUT2D eigenvalue weighted by molar-refractivity contribution is 7.09. The summed E-state index contributed by atoms with van der Waals surface area (Å²) in [4.78, 5) is 16.8. The first-order chi connectivity index (χ1) is 10.3. The number of hydrogen-bond donors (Lipinski definition) is 2. The lowest BCUT2D eigenvalue weighted by Gasteiger charge is -2.10. The van der Waals surface area contributed by atoms with E-state index in [9.17, 15) is 9.90 Å². The summed E-state index contributed by atoms with van der Waals surface area (Å²) in [6.45, 7) is 0.768. The highest BCUT2D eigenvalue weighted by atomic mass is 32.1. The van der Waals surface area contributed by atoms with Gasteiger partial charge in [-0.3, -0.25) is 0 Å². The van der Waals surface area contributed by atoms with Crippen LogP contribution in [-0.2, 0) is 6.42 Å². The predicted molar refractivity (Wildman–Crippen MR) is 85.2 cm³/mol. The van der Waals surface area contributed by atoms with Crippen molar-refractivity contribution in [1.29, 1.82) is 0 Å². The lowest BCUT2D eigenvalue weighted by molar-refractivity contribution is 0.0698. The fraction of sp³-hybridized carbons (Fsp3) is 0.125. The molecular formula is C16H14N2O2S. The first-order valence-electron chi connectivity index (χ1n) is 6.63. The molecule has 4 nitrogen and oxygen atoms in total. The normalized spacial score (nSPS) is 10.7. The Hall–Kier alpha value is -2.40. The number of anilines is 1. The number of pyridine rings is 1. The van der Waals surface area contributed by atoms with Crippen LogP contribution in [0.5, 0.6) is 0 Å². The van der Waals surface area contributed by atoms with Crippen molar-refractivity contribution >= 4 is 33.9 Å². The molecule has 0 atom stereocenters. The van der Waals surface area contributed by atoms with Gasteiger partial charge in [0.05, 0.1) is 5.56 Å². The number of carboxylic acid groups (broad SMARTS) is 1. The fourth-order valence-corrected chi connectivity index (χ4v) is 2.97. The summed E-state index contributed by atoms with van der Waals surface area (Å²) >= 11 is 1.73. The zero-order valence-corrected chi connectivity index (χ0v) is 12.1. The van der Waals surface area contributed by atoms with Crippen LogP contribution in [0.25, 0.3) is 10.8 Å². The minimum Gasteiger partial charge on any atom is -0.478 e. The van der Waals surface area contributed by atoms with E-state index in [0.717, 1.165) is 24.2 Å². The predicted octanol–water partition coefficient (Wildman–Crippen LogP) is 3.65. The molecule has 0 bridgehead atoms. The third kappa shape index (κ3) is 2.87. The molecule has 0 amide bonds. The molecule has 0 fully saturated rings. The van der Waals surface area contributed by atoms with E-state index in [4.69, 9.17) is 0 Å². The van der Waals surface area contributed by atoms with E-state index in [2.05, 4.69) is 21.7 Å². The molecule has 21 heavy (non-hydrogen) atoms. The van der Waals surface area contributed by atoms with Gasteiger partial charge >= 0.3 is 5.97 Å². The van der Waals surface area contributed by atoms with Crippen LogP contribution < -0.4 is 5.32 Å². The number of nitrogens with zero attached hydrogens (tertiary/aromatic N) is 1. The Morgan fingerprint density at radius 3 is 2.71 bits per heavy atom. The van der Waals surface area contributed by atoms with Crippen molar-refractivity contribution in [2.75, 3.05) is 11.9 Å². The monoisotopic (exact) mass is 298 g/mol. The first-order valence-corrected chi connectivity index (χ1v) is 7.51. The molecule has 0 aliphatic rings. The zero-order valence-electron chi connectivity index (χ0n) is 11.2. The number of aromatic nitrogens is 1. The van der Waals surface area contributed by atoms with E-state index in [0.29, 0.717) is 5.39 Å². The van der Waals surface area contributed by atoms with E-state index < -0.39 is 5.97 Å². The Morgan fingerprint density at radius 1 is 1.19 bits per heavy atom. The molecule has 0 aliphatic heterocycles. The molecule has 0 saturated heterocycles. The number of thiophene rings is 1. The van der Waals surface area contributed by atoms with Crippen molar-refractivity contribution in [1.82, 2.24) is 4.98 Å². The van der Waals surface area contributed by atoms with Crippen molar-refractivity contribution in [2.24, 2.45) is 0 Å². The zero-order chi connectivity index (χ0) is 14.7. The SMILES string of the molecule is O=C(O)c1cnc(NCCc2cccs2)c2ccccc12. The number of carboxylic acids is 1. The van der Waals surface area contributed by atoms with Crippen molar-refractivity contribution in [3.8, 4) is 0 Å². The fourth-order valence-electron chi connectivity index (χ4n) is 2.26. The summed E-state index contributed by atoms with van der Waals surface area (Å²) in [6.07, 6.45) is 2.34. The molecule has 0 unspecified atom stereocenters. The van der Waals surface area contributed by atoms with Crippen LogP contribution in [0.2, 0.25) is 0 Å². The van der Waals surface area contributed by atoms with Gasteiger partial charge in [-0.1, -0.05) is 30.3 Å². The van der Waals surface area contributed by atoms with E-state index in [1.54, 1.807) is 11.3 Å². The molecule has 106 valence electrons. The maximum absolute atomic E-state index is 11.2. The lowest BCUT2D eigenvalue weighted by atomic mass is 10.1. The molecule has 0 saturated carbocycles. The maximum atomic E-state index is 11.2. The number of aromatic carboxylic acids is 1. The average molecular weight is 298 g/mol. The van der Waals surface area contributed by atoms with Crippen molar-refractivity contribution < 1.29 is 9.90 Å². The number of fused-ring (bicyclic) bond motifs is 1. The van der Waals surface area contributed by atoms with Gasteiger partial charge in [-0.25, -0.2) is 9.78 Å². The second-order valence-electron chi connectivity index (χ2n) is 4.63. The molecule has 1 aromatic carbocycles. The maximum Gasteiger partial charge on any atom is 0.337 e. The highest BCUT2D eigenvalue weighted by Crippen LogP contribution is 2.24. The quantitative estimate of drug-likeness (QED) is 0.754. The Bertz CT molecular complexity index is 769. The van der Waals surface area contributed by atoms with Crippen LogP contribution in [0, 0.1) is 0 Å². The van der Waals surface area contributed by atoms with Gasteiger partial charge in [0.2, 0.25) is 0 Å². The summed E-state index contributed by atoms with van der Waals surface area (Å²) in [5.74, 6) is -0.226. The molecule has 2 heterocycles. The largest absolute Gasteiger partial charge is 0.478 e. The van der Waals surface area contributed by atoms with Gasteiger partial charge in [0, 0.05) is 28.4 Å². The average Bonchev–Trinajstić information content (AvgIpc) is 3.00. The lowest BCUT2D eigenvalue weighted by Crippen LogP contribution is -2.07. The molecule has 3 rings (SSSR count). The van der Waals surface area contributed by atoms with Crippen molar-refractivity contribution in [3.63, 3.8) is 0 Å². The summed E-state index contributed by atoms with van der Waals surface area (Å²) in [7, 11) is 0. The van der Waals surface area contributed by atoms with Crippen LogP contribution in [0.3, 0.4) is 0 Å². The second-order valence-corrected chi connectivity index (χ2v) is 5.66. The number of carbonyl (C=O) groups is 1. The standard InChI is InChI=1S/C16H14N2O2S/c19-16(20)14-10-18-15(13-6-2-1-5-12(13)14)17-8-7-11-4-3-9-21-11/h1-6,9-10H,7-8H2,(H,17,18)(H,19,20). The van der Waals surface area contributed by atoms with Gasteiger partial charge in [-0.05, 0) is 17.9 Å². The van der Waals surface area contributed by atoms with Crippen molar-refractivity contribution in [3.05, 3.63) is 58.4 Å². The second kappa shape index (κ2) is 5.93. The Morgan fingerprint density at radius 2 is 2.00 bits per heavy atom. The number of rotatable bonds is 5. The first kappa shape index (κ1) is 13.6. The third-order valence-electron chi connectivity index (χ3n) is 3.27. The van der Waals surface area contributed by atoms with Gasteiger partial charge in [-0.15, -0.1) is 11.3 Å². The minimum absolute atomic E-state index is 0.231. The van der Waals surface area contributed by atoms with Crippen LogP contribution in [0.4, 0.5) is 5.82 Å². The molecule has 0 aliphatic carbocycles. The molecule has 5 heteroatoms. The third-order valence-corrected chi connectivity index (χ3v) is 4.21. The topological polar surface area (TPSA) is 62.2 Å². The minimum atomic E-state index is -0.955. The summed E-state index contributed by atoms with van der Waals surface area (Å²) < 4.78 is 0. The van der Waals surface area contributed by atoms with Gasteiger partial charge in [0.25, 0.3) is 0 Å². The van der Waals surface area contributed by atoms with Crippen molar-refractivity contribution in [2.45, 2.75) is 6.42 Å². The number of hydrogen-bond acceptors (Lipinski definition) is 4. The molecule has 0 spiro atoms. The van der Waals surface area contributed by atoms with Crippen LogP contribution in [-0.4, -0.2) is 22.6 Å². The van der Waals surface area contributed by atoms with Crippen LogP contribution >= 0.6 is 11.3 Å². The van der Waals surface area contributed by atoms with Gasteiger partial charge in [0.15, 0.2) is 0 Å². The summed E-state index contributed by atoms with van der Waals surface area (Å²) in [5.41, 5.74) is 0.231. The Kier molecular flexibility index (Phi) is 3.83. The Labute approximate surface area is 126 Å². The van der Waals surface area contributed by atoms with Crippen LogP contribution in [0.1, 0.15) is 15.2 Å². The molecular weight excluding hydrogens is 284 g/mol. The summed E-state index contributed by atoms with van der Waals surface area (Å²) in [6, 6.07) is 11.6. The number of nitrogens with one attached hydrogen (secondary N) is 1. The van der Waals surface area contributed by atoms with Gasteiger partial charge in [0.1, 0.15) is 5.82 Å². The van der Waals surface area contributed by atoms with Crippen LogP contribution in [0.15, 0.2) is 48.0 Å². The van der Waals surface area contributed by atoms with E-state index in [1.165, 1.54) is 11.1 Å². The van der Waals surface area contributed by atoms with E-state index >= 15 is 0 Å². The molecule has 3 aromatic rings. The number of benzene rings is 1. The van der Waals surface area contributed by atoms with Gasteiger partial charge in [-0.2, -0.15) is 0 Å². The summed E-state index contributed by atoms with van der Waals surface area (Å²) in [5, 5.41) is 16.1. The van der Waals surface area contributed by atoms with Gasteiger partial charge < -0.3 is 10.4 Å². The molecule has 2 N–H and O–H groups in total. The Balaban J connectivity index is 1.85. The van der Waals surface area contributed by atoms with E-state index in [1.807, 2.05) is 30.3 Å².